The first-order valence-corrected chi connectivity index (χ1v) is 6.22. The Labute approximate surface area is 112 Å². The molecule has 1 aromatic carbocycles. The second-order valence-electron chi connectivity index (χ2n) is 4.64. The molecule has 0 amide bonds. The largest absolute Gasteiger partial charge is 0.508 e. The molecule has 0 saturated heterocycles. The number of halogens is 1. The molecule has 5 heteroatoms. The highest BCUT2D eigenvalue weighted by Gasteiger charge is 2.19. The lowest BCUT2D eigenvalue weighted by Gasteiger charge is -2.17. The molecule has 0 spiro atoms. The molecule has 1 atom stereocenters. The SMILES string of the molecule is CC(C)CC(NCc1c(O)cccc1Cl)C(=O)O. The van der Waals surface area contributed by atoms with Gasteiger partial charge in [0.25, 0.3) is 0 Å². The number of phenolic OH excluding ortho intramolecular Hbond substituents is 1. The molecule has 0 heterocycles. The Kier molecular flexibility index (Phi) is 5.44. The van der Waals surface area contributed by atoms with E-state index < -0.39 is 12.0 Å². The Morgan fingerprint density at radius 1 is 1.44 bits per heavy atom. The van der Waals surface area contributed by atoms with Crippen LogP contribution in [0.4, 0.5) is 0 Å². The van der Waals surface area contributed by atoms with E-state index in [0.29, 0.717) is 17.0 Å². The Morgan fingerprint density at radius 3 is 2.61 bits per heavy atom. The third-order valence-corrected chi connectivity index (χ3v) is 2.98. The summed E-state index contributed by atoms with van der Waals surface area (Å²) in [5, 5.41) is 22.1. The maximum absolute atomic E-state index is 11.1. The van der Waals surface area contributed by atoms with Crippen LogP contribution in [-0.2, 0) is 11.3 Å². The average Bonchev–Trinajstić information content (AvgIpc) is 2.26. The molecule has 0 saturated carbocycles. The fourth-order valence-corrected chi connectivity index (χ4v) is 1.93. The van der Waals surface area contributed by atoms with E-state index in [4.69, 9.17) is 16.7 Å². The van der Waals surface area contributed by atoms with Crippen LogP contribution in [0.2, 0.25) is 5.02 Å². The molecule has 1 rings (SSSR count). The van der Waals surface area contributed by atoms with E-state index in [2.05, 4.69) is 5.32 Å². The Morgan fingerprint density at radius 2 is 2.11 bits per heavy atom. The summed E-state index contributed by atoms with van der Waals surface area (Å²) in [6.45, 7) is 4.16. The molecule has 18 heavy (non-hydrogen) atoms. The van der Waals surface area contributed by atoms with Crippen LogP contribution < -0.4 is 5.32 Å². The summed E-state index contributed by atoms with van der Waals surface area (Å²) < 4.78 is 0. The standard InChI is InChI=1S/C13H18ClNO3/c1-8(2)6-11(13(17)18)15-7-9-10(14)4-3-5-12(9)16/h3-5,8,11,15-16H,6-7H2,1-2H3,(H,17,18). The first-order valence-electron chi connectivity index (χ1n) is 5.84. The zero-order chi connectivity index (χ0) is 13.7. The highest BCUT2D eigenvalue weighted by Crippen LogP contribution is 2.25. The highest BCUT2D eigenvalue weighted by molar-refractivity contribution is 6.31. The molecular formula is C13H18ClNO3. The molecule has 0 bridgehead atoms. The summed E-state index contributed by atoms with van der Waals surface area (Å²) in [6.07, 6.45) is 0.528. The van der Waals surface area contributed by atoms with E-state index >= 15 is 0 Å². The summed E-state index contributed by atoms with van der Waals surface area (Å²) >= 11 is 5.95. The molecule has 0 fully saturated rings. The number of nitrogens with one attached hydrogen (secondary N) is 1. The number of hydrogen-bond donors (Lipinski definition) is 3. The van der Waals surface area contributed by atoms with Crippen LogP contribution in [0.3, 0.4) is 0 Å². The minimum absolute atomic E-state index is 0.0729. The molecule has 0 aliphatic rings. The lowest BCUT2D eigenvalue weighted by Crippen LogP contribution is -2.37. The molecule has 4 nitrogen and oxygen atoms in total. The van der Waals surface area contributed by atoms with Gasteiger partial charge in [0.15, 0.2) is 0 Å². The van der Waals surface area contributed by atoms with Crippen molar-refractivity contribution in [1.82, 2.24) is 5.32 Å². The topological polar surface area (TPSA) is 69.6 Å². The summed E-state index contributed by atoms with van der Waals surface area (Å²) in [5.74, 6) is -0.544. The van der Waals surface area contributed by atoms with Gasteiger partial charge in [-0.3, -0.25) is 4.79 Å². The van der Waals surface area contributed by atoms with Crippen molar-refractivity contribution >= 4 is 17.6 Å². The van der Waals surface area contributed by atoms with Crippen molar-refractivity contribution in [3.8, 4) is 5.75 Å². The number of phenols is 1. The quantitative estimate of drug-likeness (QED) is 0.744. The predicted octanol–water partition coefficient (Wildman–Crippen LogP) is 2.63. The van der Waals surface area contributed by atoms with Gasteiger partial charge in [-0.2, -0.15) is 0 Å². The van der Waals surface area contributed by atoms with Crippen LogP contribution >= 0.6 is 11.6 Å². The van der Waals surface area contributed by atoms with Crippen molar-refractivity contribution < 1.29 is 15.0 Å². The van der Waals surface area contributed by atoms with Crippen LogP contribution in [0.25, 0.3) is 0 Å². The summed E-state index contributed by atoms with van der Waals surface area (Å²) in [6, 6.07) is 4.20. The second-order valence-corrected chi connectivity index (χ2v) is 5.05. The van der Waals surface area contributed by atoms with Crippen molar-refractivity contribution in [2.45, 2.75) is 32.9 Å². The Bertz CT molecular complexity index is 400. The van der Waals surface area contributed by atoms with Crippen molar-refractivity contribution in [3.05, 3.63) is 28.8 Å². The summed E-state index contributed by atoms with van der Waals surface area (Å²) in [4.78, 5) is 11.1. The van der Waals surface area contributed by atoms with Crippen LogP contribution in [0.5, 0.6) is 5.75 Å². The molecule has 0 aliphatic carbocycles. The van der Waals surface area contributed by atoms with E-state index in [9.17, 15) is 9.90 Å². The molecule has 3 N–H and O–H groups in total. The Hall–Kier alpha value is -1.26. The van der Waals surface area contributed by atoms with Crippen molar-refractivity contribution in [1.29, 1.82) is 0 Å². The van der Waals surface area contributed by atoms with Crippen LogP contribution in [0.15, 0.2) is 18.2 Å². The summed E-state index contributed by atoms with van der Waals surface area (Å²) in [5.41, 5.74) is 0.522. The number of rotatable bonds is 6. The van der Waals surface area contributed by atoms with Gasteiger partial charge in [-0.15, -0.1) is 0 Å². The van der Waals surface area contributed by atoms with E-state index in [-0.39, 0.29) is 18.2 Å². The summed E-state index contributed by atoms with van der Waals surface area (Å²) in [7, 11) is 0. The molecule has 0 aromatic heterocycles. The number of benzene rings is 1. The average molecular weight is 272 g/mol. The number of carbonyl (C=O) groups is 1. The van der Waals surface area contributed by atoms with Crippen molar-refractivity contribution in [3.63, 3.8) is 0 Å². The van der Waals surface area contributed by atoms with Gasteiger partial charge < -0.3 is 15.5 Å². The fraction of sp³-hybridized carbons (Fsp3) is 0.462. The van der Waals surface area contributed by atoms with Gasteiger partial charge in [-0.25, -0.2) is 0 Å². The van der Waals surface area contributed by atoms with E-state index in [1.54, 1.807) is 12.1 Å². The number of carboxylic acid groups (broad SMARTS) is 1. The van der Waals surface area contributed by atoms with Gasteiger partial charge >= 0.3 is 5.97 Å². The zero-order valence-corrected chi connectivity index (χ0v) is 11.2. The number of hydrogen-bond acceptors (Lipinski definition) is 3. The second kappa shape index (κ2) is 6.61. The van der Waals surface area contributed by atoms with Gasteiger partial charge in [-0.05, 0) is 24.5 Å². The smallest absolute Gasteiger partial charge is 0.320 e. The minimum atomic E-state index is -0.893. The number of aromatic hydroxyl groups is 1. The molecular weight excluding hydrogens is 254 g/mol. The van der Waals surface area contributed by atoms with Crippen molar-refractivity contribution in [2.75, 3.05) is 0 Å². The van der Waals surface area contributed by atoms with Gasteiger partial charge in [0.1, 0.15) is 11.8 Å². The van der Waals surface area contributed by atoms with Crippen molar-refractivity contribution in [2.24, 2.45) is 5.92 Å². The maximum atomic E-state index is 11.1. The molecule has 1 aromatic rings. The molecule has 1 unspecified atom stereocenters. The van der Waals surface area contributed by atoms with Gasteiger partial charge in [0.2, 0.25) is 0 Å². The third kappa shape index (κ3) is 4.20. The van der Waals surface area contributed by atoms with Gasteiger partial charge in [0.05, 0.1) is 0 Å². The first kappa shape index (κ1) is 14.8. The first-order chi connectivity index (χ1) is 8.41. The normalized spacial score (nSPS) is 12.7. The lowest BCUT2D eigenvalue weighted by molar-refractivity contribution is -0.140. The minimum Gasteiger partial charge on any atom is -0.508 e. The Balaban J connectivity index is 2.70. The van der Waals surface area contributed by atoms with E-state index in [0.717, 1.165) is 0 Å². The zero-order valence-electron chi connectivity index (χ0n) is 10.5. The lowest BCUT2D eigenvalue weighted by atomic mass is 10.0. The highest BCUT2D eigenvalue weighted by atomic mass is 35.5. The van der Waals surface area contributed by atoms with Crippen LogP contribution in [0, 0.1) is 5.92 Å². The predicted molar refractivity (Wildman–Crippen MR) is 70.8 cm³/mol. The van der Waals surface area contributed by atoms with E-state index in [1.165, 1.54) is 6.07 Å². The maximum Gasteiger partial charge on any atom is 0.320 e. The van der Waals surface area contributed by atoms with Crippen LogP contribution in [-0.4, -0.2) is 22.2 Å². The molecule has 0 radical (unpaired) electrons. The fourth-order valence-electron chi connectivity index (χ4n) is 1.69. The number of aliphatic carboxylic acids is 1. The van der Waals surface area contributed by atoms with Gasteiger partial charge in [0, 0.05) is 17.1 Å². The molecule has 100 valence electrons. The van der Waals surface area contributed by atoms with Gasteiger partial charge in [-0.1, -0.05) is 31.5 Å². The van der Waals surface area contributed by atoms with E-state index in [1.807, 2.05) is 13.8 Å². The number of carboxylic acids is 1. The van der Waals surface area contributed by atoms with Crippen LogP contribution in [0.1, 0.15) is 25.8 Å². The third-order valence-electron chi connectivity index (χ3n) is 2.62. The molecule has 0 aliphatic heterocycles. The monoisotopic (exact) mass is 271 g/mol.